The Labute approximate surface area is 103 Å². The van der Waals surface area contributed by atoms with Gasteiger partial charge in [-0.15, -0.1) is 0 Å². The fraction of sp³-hybridized carbons (Fsp3) is 0.833. The molecule has 0 saturated carbocycles. The predicted octanol–water partition coefficient (Wildman–Crippen LogP) is 0.952. The van der Waals surface area contributed by atoms with Crippen LogP contribution in [0.2, 0.25) is 0 Å². The monoisotopic (exact) mass is 241 g/mol. The highest BCUT2D eigenvalue weighted by atomic mass is 16.2. The average molecular weight is 241 g/mol. The summed E-state index contributed by atoms with van der Waals surface area (Å²) in [5.74, 6) is 0.524. The largest absolute Gasteiger partial charge is 0.336 e. The van der Waals surface area contributed by atoms with Crippen molar-refractivity contribution in [2.24, 2.45) is 5.92 Å². The van der Waals surface area contributed by atoms with Crippen LogP contribution >= 0.6 is 0 Å². The summed E-state index contributed by atoms with van der Waals surface area (Å²) in [6.45, 7) is 8.15. The quantitative estimate of drug-likeness (QED) is 0.773. The summed E-state index contributed by atoms with van der Waals surface area (Å²) in [4.78, 5) is 25.0. The SMILES string of the molecule is CC1CCN(CC(=O)NC(=O)NC(C)C)CC1. The minimum absolute atomic E-state index is 0.0404. The van der Waals surface area contributed by atoms with E-state index in [1.54, 1.807) is 0 Å². The van der Waals surface area contributed by atoms with E-state index in [9.17, 15) is 9.59 Å². The molecule has 17 heavy (non-hydrogen) atoms. The van der Waals surface area contributed by atoms with E-state index in [0.29, 0.717) is 6.54 Å². The predicted molar refractivity (Wildman–Crippen MR) is 66.6 cm³/mol. The second-order valence-corrected chi connectivity index (χ2v) is 5.14. The molecular weight excluding hydrogens is 218 g/mol. The van der Waals surface area contributed by atoms with Gasteiger partial charge in [-0.1, -0.05) is 6.92 Å². The van der Waals surface area contributed by atoms with Crippen LogP contribution in [0.4, 0.5) is 4.79 Å². The van der Waals surface area contributed by atoms with E-state index in [0.717, 1.165) is 31.8 Å². The maximum absolute atomic E-state index is 11.6. The van der Waals surface area contributed by atoms with Crippen molar-refractivity contribution in [3.05, 3.63) is 0 Å². The second kappa shape index (κ2) is 6.59. The van der Waals surface area contributed by atoms with E-state index in [-0.39, 0.29) is 11.9 Å². The summed E-state index contributed by atoms with van der Waals surface area (Å²) >= 11 is 0. The van der Waals surface area contributed by atoms with Crippen LogP contribution in [0.3, 0.4) is 0 Å². The van der Waals surface area contributed by atoms with Gasteiger partial charge in [-0.05, 0) is 45.7 Å². The Bertz CT molecular complexity index is 271. The number of likely N-dealkylation sites (tertiary alicyclic amines) is 1. The van der Waals surface area contributed by atoms with Gasteiger partial charge in [0.2, 0.25) is 5.91 Å². The first-order valence-electron chi connectivity index (χ1n) is 6.30. The van der Waals surface area contributed by atoms with Crippen molar-refractivity contribution < 1.29 is 9.59 Å². The number of urea groups is 1. The van der Waals surface area contributed by atoms with E-state index in [1.807, 2.05) is 13.8 Å². The molecule has 1 aliphatic rings. The van der Waals surface area contributed by atoms with Gasteiger partial charge in [0, 0.05) is 6.04 Å². The number of nitrogens with zero attached hydrogens (tertiary/aromatic N) is 1. The molecule has 0 spiro atoms. The zero-order chi connectivity index (χ0) is 12.8. The highest BCUT2D eigenvalue weighted by Gasteiger charge is 2.18. The number of hydrogen-bond donors (Lipinski definition) is 2. The molecule has 5 heteroatoms. The number of piperidine rings is 1. The maximum Gasteiger partial charge on any atom is 0.321 e. The molecule has 0 radical (unpaired) electrons. The number of amides is 3. The molecule has 0 aliphatic carbocycles. The van der Waals surface area contributed by atoms with E-state index in [4.69, 9.17) is 0 Å². The van der Waals surface area contributed by atoms with Gasteiger partial charge < -0.3 is 5.32 Å². The van der Waals surface area contributed by atoms with Crippen molar-refractivity contribution in [3.63, 3.8) is 0 Å². The van der Waals surface area contributed by atoms with E-state index >= 15 is 0 Å². The van der Waals surface area contributed by atoms with E-state index < -0.39 is 6.03 Å². The summed E-state index contributed by atoms with van der Waals surface area (Å²) < 4.78 is 0. The number of nitrogens with one attached hydrogen (secondary N) is 2. The van der Waals surface area contributed by atoms with Crippen molar-refractivity contribution >= 4 is 11.9 Å². The molecular formula is C12H23N3O2. The van der Waals surface area contributed by atoms with Crippen LogP contribution in [0, 0.1) is 5.92 Å². The molecule has 98 valence electrons. The number of carbonyl (C=O) groups is 2. The Hall–Kier alpha value is -1.10. The van der Waals surface area contributed by atoms with Crippen molar-refractivity contribution in [1.29, 1.82) is 0 Å². The summed E-state index contributed by atoms with van der Waals surface area (Å²) in [7, 11) is 0. The Balaban J connectivity index is 2.23. The smallest absolute Gasteiger partial charge is 0.321 e. The zero-order valence-electron chi connectivity index (χ0n) is 11.0. The first kappa shape index (κ1) is 14.0. The van der Waals surface area contributed by atoms with Crippen LogP contribution < -0.4 is 10.6 Å². The third-order valence-electron chi connectivity index (χ3n) is 2.92. The molecule has 1 rings (SSSR count). The molecule has 1 saturated heterocycles. The first-order chi connectivity index (χ1) is 7.97. The second-order valence-electron chi connectivity index (χ2n) is 5.14. The van der Waals surface area contributed by atoms with Gasteiger partial charge in [-0.25, -0.2) is 4.79 Å². The molecule has 5 nitrogen and oxygen atoms in total. The van der Waals surface area contributed by atoms with Crippen LogP contribution in [0.1, 0.15) is 33.6 Å². The first-order valence-corrected chi connectivity index (χ1v) is 6.30. The molecule has 0 aromatic heterocycles. The maximum atomic E-state index is 11.6. The Kier molecular flexibility index (Phi) is 5.41. The van der Waals surface area contributed by atoms with Crippen molar-refractivity contribution in [2.45, 2.75) is 39.7 Å². The van der Waals surface area contributed by atoms with Crippen molar-refractivity contribution in [1.82, 2.24) is 15.5 Å². The average Bonchev–Trinajstić information content (AvgIpc) is 2.19. The number of hydrogen-bond acceptors (Lipinski definition) is 3. The van der Waals surface area contributed by atoms with Gasteiger partial charge in [0.1, 0.15) is 0 Å². The lowest BCUT2D eigenvalue weighted by atomic mass is 9.99. The van der Waals surface area contributed by atoms with Gasteiger partial charge in [-0.3, -0.25) is 15.0 Å². The summed E-state index contributed by atoms with van der Waals surface area (Å²) in [6, 6.07) is -0.367. The van der Waals surface area contributed by atoms with Crippen molar-refractivity contribution in [2.75, 3.05) is 19.6 Å². The molecule has 0 unspecified atom stereocenters. The minimum Gasteiger partial charge on any atom is -0.336 e. The van der Waals surface area contributed by atoms with Crippen LogP contribution in [-0.2, 0) is 4.79 Å². The number of imide groups is 1. The van der Waals surface area contributed by atoms with Gasteiger partial charge in [-0.2, -0.15) is 0 Å². The van der Waals surface area contributed by atoms with Crippen LogP contribution in [-0.4, -0.2) is 42.5 Å². The third-order valence-corrected chi connectivity index (χ3v) is 2.92. The fourth-order valence-corrected chi connectivity index (χ4v) is 1.89. The minimum atomic E-state index is -0.407. The lowest BCUT2D eigenvalue weighted by Crippen LogP contribution is -2.47. The lowest BCUT2D eigenvalue weighted by molar-refractivity contribution is -0.121. The Morgan fingerprint density at radius 2 is 1.88 bits per heavy atom. The highest BCUT2D eigenvalue weighted by Crippen LogP contribution is 2.15. The molecule has 2 N–H and O–H groups in total. The Morgan fingerprint density at radius 3 is 2.41 bits per heavy atom. The van der Waals surface area contributed by atoms with Gasteiger partial charge in [0.15, 0.2) is 0 Å². The molecule has 1 fully saturated rings. The van der Waals surface area contributed by atoms with Gasteiger partial charge in [0.25, 0.3) is 0 Å². The fourth-order valence-electron chi connectivity index (χ4n) is 1.89. The summed E-state index contributed by atoms with van der Waals surface area (Å²) in [5, 5.41) is 4.97. The van der Waals surface area contributed by atoms with Crippen molar-refractivity contribution in [3.8, 4) is 0 Å². The normalized spacial score (nSPS) is 18.1. The summed E-state index contributed by atoms with van der Waals surface area (Å²) in [5.41, 5.74) is 0. The zero-order valence-corrected chi connectivity index (χ0v) is 11.0. The molecule has 1 aliphatic heterocycles. The summed E-state index contributed by atoms with van der Waals surface area (Å²) in [6.07, 6.45) is 2.26. The number of rotatable bonds is 3. The van der Waals surface area contributed by atoms with Crippen LogP contribution in [0.15, 0.2) is 0 Å². The topological polar surface area (TPSA) is 61.4 Å². The van der Waals surface area contributed by atoms with E-state index in [1.165, 1.54) is 0 Å². The molecule has 0 atom stereocenters. The van der Waals surface area contributed by atoms with E-state index in [2.05, 4.69) is 22.5 Å². The standard InChI is InChI=1S/C12H23N3O2/c1-9(2)13-12(17)14-11(16)8-15-6-4-10(3)5-7-15/h9-10H,4-8H2,1-3H3,(H2,13,14,16,17). The van der Waals surface area contributed by atoms with Crippen LogP contribution in [0.5, 0.6) is 0 Å². The molecule has 0 aromatic rings. The molecule has 0 aromatic carbocycles. The van der Waals surface area contributed by atoms with Gasteiger partial charge in [0.05, 0.1) is 6.54 Å². The van der Waals surface area contributed by atoms with Gasteiger partial charge >= 0.3 is 6.03 Å². The third kappa shape index (κ3) is 5.68. The highest BCUT2D eigenvalue weighted by molar-refractivity contribution is 5.95. The molecule has 1 heterocycles. The van der Waals surface area contributed by atoms with Crippen LogP contribution in [0.25, 0.3) is 0 Å². The molecule has 0 bridgehead atoms. The number of carbonyl (C=O) groups excluding carboxylic acids is 2. The lowest BCUT2D eigenvalue weighted by Gasteiger charge is -2.29. The Morgan fingerprint density at radius 1 is 1.29 bits per heavy atom. The molecule has 3 amide bonds.